The van der Waals surface area contributed by atoms with Crippen LogP contribution in [0.3, 0.4) is 0 Å². The predicted molar refractivity (Wildman–Crippen MR) is 103 cm³/mol. The number of anilines is 2. The van der Waals surface area contributed by atoms with Crippen molar-refractivity contribution in [2.45, 2.75) is 26.9 Å². The Labute approximate surface area is 159 Å². The van der Waals surface area contributed by atoms with Gasteiger partial charge in [0.05, 0.1) is 12.7 Å². The molecule has 2 N–H and O–H groups in total. The molecule has 140 valence electrons. The van der Waals surface area contributed by atoms with Crippen molar-refractivity contribution < 1.29 is 23.0 Å². The number of ether oxygens (including phenoxy) is 2. The van der Waals surface area contributed by atoms with E-state index in [4.69, 9.17) is 17.0 Å². The maximum Gasteiger partial charge on any atom is 0.387 e. The zero-order valence-corrected chi connectivity index (χ0v) is 16.0. The molecule has 0 bridgehead atoms. The molecule has 1 heterocycles. The summed E-state index contributed by atoms with van der Waals surface area (Å²) in [6, 6.07) is 6.26. The smallest absolute Gasteiger partial charge is 0.387 e. The second kappa shape index (κ2) is 8.91. The Kier molecular flexibility index (Phi) is 6.87. The summed E-state index contributed by atoms with van der Waals surface area (Å²) in [5.74, 6) is -0.378. The van der Waals surface area contributed by atoms with E-state index in [1.54, 1.807) is 19.1 Å². The zero-order valence-electron chi connectivity index (χ0n) is 14.4. The Morgan fingerprint density at radius 2 is 2.04 bits per heavy atom. The predicted octanol–water partition coefficient (Wildman–Crippen LogP) is 4.82. The highest BCUT2D eigenvalue weighted by molar-refractivity contribution is 7.80. The minimum atomic E-state index is -2.88. The van der Waals surface area contributed by atoms with Crippen LogP contribution in [0.4, 0.5) is 19.5 Å². The first-order valence-electron chi connectivity index (χ1n) is 7.68. The Hall–Kier alpha value is -2.26. The molecule has 1 aromatic heterocycles. The van der Waals surface area contributed by atoms with Crippen LogP contribution in [0.25, 0.3) is 0 Å². The van der Waals surface area contributed by atoms with Gasteiger partial charge in [0.1, 0.15) is 10.8 Å². The van der Waals surface area contributed by atoms with E-state index in [0.717, 1.165) is 11.3 Å². The first kappa shape index (κ1) is 20.1. The number of aryl methyl sites for hydroxylation is 2. The number of hydrogen-bond donors (Lipinski definition) is 2. The van der Waals surface area contributed by atoms with E-state index < -0.39 is 12.6 Å². The van der Waals surface area contributed by atoms with Crippen LogP contribution in [0.15, 0.2) is 24.3 Å². The zero-order chi connectivity index (χ0) is 19.3. The molecular weight excluding hydrogens is 382 g/mol. The van der Waals surface area contributed by atoms with Crippen LogP contribution < -0.4 is 15.4 Å². The molecule has 9 heteroatoms. The topological polar surface area (TPSA) is 59.6 Å². The van der Waals surface area contributed by atoms with Crippen LogP contribution in [0.2, 0.25) is 0 Å². The van der Waals surface area contributed by atoms with Gasteiger partial charge in [0.2, 0.25) is 0 Å². The van der Waals surface area contributed by atoms with Crippen LogP contribution in [0.1, 0.15) is 27.7 Å². The Bertz CT molecular complexity index is 809. The molecule has 0 fully saturated rings. The van der Waals surface area contributed by atoms with Crippen LogP contribution in [0, 0.1) is 6.92 Å². The number of nitrogens with one attached hydrogen (secondary N) is 2. The van der Waals surface area contributed by atoms with E-state index in [-0.39, 0.29) is 10.9 Å². The first-order valence-corrected chi connectivity index (χ1v) is 8.91. The lowest BCUT2D eigenvalue weighted by molar-refractivity contribution is -0.0498. The van der Waals surface area contributed by atoms with Crippen LogP contribution in [-0.2, 0) is 11.2 Å². The summed E-state index contributed by atoms with van der Waals surface area (Å²) in [5.41, 5.74) is 1.73. The van der Waals surface area contributed by atoms with Gasteiger partial charge in [0, 0.05) is 10.6 Å². The van der Waals surface area contributed by atoms with Gasteiger partial charge in [-0.25, -0.2) is 4.79 Å². The number of benzene rings is 1. The van der Waals surface area contributed by atoms with E-state index in [1.807, 2.05) is 6.92 Å². The molecule has 2 rings (SSSR count). The standard InChI is InChI=1S/C17H18F2N2O3S2/c1-4-11-8-12(15(22)23-3)14(26-11)21-17(25)20-13-6-5-10(7-9(13)2)24-16(18)19/h5-8,16H,4H2,1-3H3,(H2,20,21,25). The van der Waals surface area contributed by atoms with Gasteiger partial charge in [-0.05, 0) is 55.4 Å². The van der Waals surface area contributed by atoms with Crippen molar-refractivity contribution in [3.8, 4) is 5.75 Å². The fourth-order valence-electron chi connectivity index (χ4n) is 2.18. The molecule has 0 aliphatic heterocycles. The molecule has 0 amide bonds. The van der Waals surface area contributed by atoms with E-state index in [9.17, 15) is 13.6 Å². The number of thiophene rings is 1. The third kappa shape index (κ3) is 5.12. The summed E-state index contributed by atoms with van der Waals surface area (Å²) in [7, 11) is 1.32. The maximum atomic E-state index is 12.3. The van der Waals surface area contributed by atoms with E-state index in [1.165, 1.54) is 30.6 Å². The van der Waals surface area contributed by atoms with E-state index in [0.29, 0.717) is 21.8 Å². The average Bonchev–Trinajstić information content (AvgIpc) is 2.99. The summed E-state index contributed by atoms with van der Waals surface area (Å²) in [6.07, 6.45) is 0.779. The summed E-state index contributed by atoms with van der Waals surface area (Å²) in [5, 5.41) is 6.83. The second-order valence-electron chi connectivity index (χ2n) is 5.24. The molecule has 0 unspecified atom stereocenters. The molecular formula is C17H18F2N2O3S2. The summed E-state index contributed by atoms with van der Waals surface area (Å²) in [6.45, 7) is 0.850. The van der Waals surface area contributed by atoms with Crippen molar-refractivity contribution in [1.29, 1.82) is 0 Å². The van der Waals surface area contributed by atoms with Crippen LogP contribution in [0.5, 0.6) is 5.75 Å². The molecule has 26 heavy (non-hydrogen) atoms. The number of alkyl halides is 2. The summed E-state index contributed by atoms with van der Waals surface area (Å²) in [4.78, 5) is 12.9. The molecule has 0 spiro atoms. The summed E-state index contributed by atoms with van der Waals surface area (Å²) >= 11 is 6.70. The van der Waals surface area contributed by atoms with Gasteiger partial charge < -0.3 is 20.1 Å². The van der Waals surface area contributed by atoms with Gasteiger partial charge in [0.25, 0.3) is 0 Å². The van der Waals surface area contributed by atoms with Crippen molar-refractivity contribution in [1.82, 2.24) is 0 Å². The number of halogens is 2. The molecule has 0 radical (unpaired) electrons. The molecule has 0 saturated carbocycles. The molecule has 0 aliphatic carbocycles. The minimum absolute atomic E-state index is 0.0701. The highest BCUT2D eigenvalue weighted by Crippen LogP contribution is 2.30. The number of carbonyl (C=O) groups is 1. The van der Waals surface area contributed by atoms with E-state index >= 15 is 0 Å². The van der Waals surface area contributed by atoms with Gasteiger partial charge in [-0.3, -0.25) is 0 Å². The van der Waals surface area contributed by atoms with Crippen molar-refractivity contribution in [3.63, 3.8) is 0 Å². The van der Waals surface area contributed by atoms with Crippen LogP contribution in [-0.4, -0.2) is 24.8 Å². The van der Waals surface area contributed by atoms with Gasteiger partial charge in [-0.1, -0.05) is 6.92 Å². The fourth-order valence-corrected chi connectivity index (χ4v) is 3.45. The highest BCUT2D eigenvalue weighted by Gasteiger charge is 2.17. The second-order valence-corrected chi connectivity index (χ2v) is 6.78. The lowest BCUT2D eigenvalue weighted by Crippen LogP contribution is -2.20. The number of carbonyl (C=O) groups excluding carboxylic acids is 1. The van der Waals surface area contributed by atoms with E-state index in [2.05, 4.69) is 15.4 Å². The highest BCUT2D eigenvalue weighted by atomic mass is 32.1. The van der Waals surface area contributed by atoms with Crippen molar-refractivity contribution in [2.24, 2.45) is 0 Å². The van der Waals surface area contributed by atoms with Gasteiger partial charge >= 0.3 is 12.6 Å². The SMILES string of the molecule is CCc1cc(C(=O)OC)c(NC(=S)Nc2ccc(OC(F)F)cc2C)s1. The van der Waals surface area contributed by atoms with Crippen molar-refractivity contribution in [2.75, 3.05) is 17.7 Å². The largest absolute Gasteiger partial charge is 0.465 e. The van der Waals surface area contributed by atoms with Crippen LogP contribution >= 0.6 is 23.6 Å². The lowest BCUT2D eigenvalue weighted by atomic mass is 10.2. The molecule has 0 atom stereocenters. The van der Waals surface area contributed by atoms with Gasteiger partial charge in [-0.2, -0.15) is 8.78 Å². The van der Waals surface area contributed by atoms with Gasteiger partial charge in [0.15, 0.2) is 5.11 Å². The fraction of sp³-hybridized carbons (Fsp3) is 0.294. The first-order chi connectivity index (χ1) is 12.3. The number of hydrogen-bond acceptors (Lipinski definition) is 5. The molecule has 2 aromatic rings. The molecule has 0 saturated heterocycles. The van der Waals surface area contributed by atoms with Gasteiger partial charge in [-0.15, -0.1) is 11.3 Å². The maximum absolute atomic E-state index is 12.3. The Morgan fingerprint density at radius 3 is 2.62 bits per heavy atom. The number of methoxy groups -OCH3 is 1. The number of rotatable bonds is 6. The number of thiocarbonyl (C=S) groups is 1. The minimum Gasteiger partial charge on any atom is -0.465 e. The lowest BCUT2D eigenvalue weighted by Gasteiger charge is -2.13. The normalized spacial score (nSPS) is 10.5. The quantitative estimate of drug-likeness (QED) is 0.536. The van der Waals surface area contributed by atoms with Crippen molar-refractivity contribution >= 4 is 45.3 Å². The van der Waals surface area contributed by atoms with Crippen molar-refractivity contribution in [3.05, 3.63) is 40.3 Å². The average molecular weight is 400 g/mol. The number of esters is 1. The monoisotopic (exact) mass is 400 g/mol. The molecule has 0 aliphatic rings. The third-order valence-electron chi connectivity index (χ3n) is 3.44. The molecule has 1 aromatic carbocycles. The summed E-state index contributed by atoms with van der Waals surface area (Å²) < 4.78 is 33.7. The Morgan fingerprint density at radius 1 is 1.31 bits per heavy atom. The molecule has 5 nitrogen and oxygen atoms in total. The Balaban J connectivity index is 2.12. The third-order valence-corrected chi connectivity index (χ3v) is 4.83.